The highest BCUT2D eigenvalue weighted by Crippen LogP contribution is 2.28. The van der Waals surface area contributed by atoms with Gasteiger partial charge in [-0.2, -0.15) is 0 Å². The molecule has 3 aromatic rings. The maximum atomic E-state index is 12.8. The van der Waals surface area contributed by atoms with E-state index < -0.39 is 15.9 Å². The number of anilines is 1. The summed E-state index contributed by atoms with van der Waals surface area (Å²) in [5.74, 6) is 0.324. The zero-order chi connectivity index (χ0) is 22.1. The lowest BCUT2D eigenvalue weighted by Crippen LogP contribution is -2.23. The summed E-state index contributed by atoms with van der Waals surface area (Å²) in [5.41, 5.74) is 1.97. The van der Waals surface area contributed by atoms with E-state index in [9.17, 15) is 13.2 Å². The fourth-order valence-electron chi connectivity index (χ4n) is 3.25. The molecule has 0 saturated carbocycles. The van der Waals surface area contributed by atoms with Crippen molar-refractivity contribution in [2.24, 2.45) is 5.92 Å². The average molecular weight is 430 g/mol. The summed E-state index contributed by atoms with van der Waals surface area (Å²) in [6.07, 6.45) is 2.04. The molecule has 2 aromatic carbocycles. The molecule has 1 amide bonds. The standard InChI is InChI=1S/C22H27N3O4S/c1-15(2)14-25-11-10-16-12-18(7-8-19(16)25)23-22(26)17-6-9-20(29-5)21(13-17)30(27,28)24(3)4/h6-13,15H,14H2,1-5H3,(H,23,26). The minimum Gasteiger partial charge on any atom is -0.495 e. The summed E-state index contributed by atoms with van der Waals surface area (Å²) in [5, 5.41) is 3.88. The topological polar surface area (TPSA) is 80.6 Å². The second kappa shape index (κ2) is 8.49. The highest BCUT2D eigenvalue weighted by molar-refractivity contribution is 7.89. The second-order valence-corrected chi connectivity index (χ2v) is 9.86. The van der Waals surface area contributed by atoms with Crippen LogP contribution in [0.5, 0.6) is 5.75 Å². The van der Waals surface area contributed by atoms with Crippen LogP contribution < -0.4 is 10.1 Å². The smallest absolute Gasteiger partial charge is 0.255 e. The highest BCUT2D eigenvalue weighted by Gasteiger charge is 2.24. The Bertz CT molecular complexity index is 1180. The Morgan fingerprint density at radius 3 is 2.50 bits per heavy atom. The molecule has 0 aliphatic carbocycles. The van der Waals surface area contributed by atoms with Gasteiger partial charge in [-0.1, -0.05) is 13.8 Å². The van der Waals surface area contributed by atoms with Crippen LogP contribution in [0.4, 0.5) is 5.69 Å². The van der Waals surface area contributed by atoms with Gasteiger partial charge in [0.05, 0.1) is 7.11 Å². The predicted octanol–water partition coefficient (Wildman–Crippen LogP) is 3.81. The average Bonchev–Trinajstić information content (AvgIpc) is 3.08. The summed E-state index contributed by atoms with van der Waals surface area (Å²) < 4.78 is 33.6. The number of benzene rings is 2. The van der Waals surface area contributed by atoms with E-state index in [0.717, 1.165) is 21.8 Å². The van der Waals surface area contributed by atoms with Crippen LogP contribution in [-0.4, -0.2) is 44.4 Å². The number of hydrogen-bond donors (Lipinski definition) is 1. The lowest BCUT2D eigenvalue weighted by molar-refractivity contribution is 0.102. The minimum absolute atomic E-state index is 0.0520. The third-order valence-electron chi connectivity index (χ3n) is 4.78. The molecule has 30 heavy (non-hydrogen) atoms. The molecule has 7 nitrogen and oxygen atoms in total. The molecule has 0 aliphatic rings. The van der Waals surface area contributed by atoms with E-state index in [4.69, 9.17) is 4.74 Å². The van der Waals surface area contributed by atoms with Crippen molar-refractivity contribution in [3.8, 4) is 5.75 Å². The molecule has 1 N–H and O–H groups in total. The number of carbonyl (C=O) groups excluding carboxylic acids is 1. The van der Waals surface area contributed by atoms with Gasteiger partial charge in [0, 0.05) is 49.0 Å². The number of ether oxygens (including phenoxy) is 1. The second-order valence-electron chi connectivity index (χ2n) is 7.74. The van der Waals surface area contributed by atoms with Crippen molar-refractivity contribution in [1.29, 1.82) is 0 Å². The van der Waals surface area contributed by atoms with Crippen LogP contribution in [-0.2, 0) is 16.6 Å². The van der Waals surface area contributed by atoms with E-state index in [1.54, 1.807) is 6.07 Å². The van der Waals surface area contributed by atoms with Crippen LogP contribution in [0.25, 0.3) is 10.9 Å². The molecular formula is C22H27N3O4S. The van der Waals surface area contributed by atoms with Crippen LogP contribution in [0.2, 0.25) is 0 Å². The molecule has 0 saturated heterocycles. The Kier molecular flexibility index (Phi) is 6.19. The number of fused-ring (bicyclic) bond motifs is 1. The van der Waals surface area contributed by atoms with Crippen LogP contribution in [0.15, 0.2) is 53.6 Å². The van der Waals surface area contributed by atoms with E-state index >= 15 is 0 Å². The van der Waals surface area contributed by atoms with E-state index in [-0.39, 0.29) is 16.2 Å². The summed E-state index contributed by atoms with van der Waals surface area (Å²) in [7, 11) is 0.500. The molecule has 8 heteroatoms. The molecule has 0 fully saturated rings. The van der Waals surface area contributed by atoms with Gasteiger partial charge in [0.1, 0.15) is 10.6 Å². The van der Waals surface area contributed by atoms with E-state index in [1.165, 1.54) is 33.3 Å². The van der Waals surface area contributed by atoms with Gasteiger partial charge in [-0.3, -0.25) is 4.79 Å². The van der Waals surface area contributed by atoms with Gasteiger partial charge in [0.25, 0.3) is 5.91 Å². The molecule has 0 unspecified atom stereocenters. The number of aromatic nitrogens is 1. The lowest BCUT2D eigenvalue weighted by Gasteiger charge is -2.15. The molecule has 0 atom stereocenters. The van der Waals surface area contributed by atoms with Crippen LogP contribution >= 0.6 is 0 Å². The number of amides is 1. The van der Waals surface area contributed by atoms with Gasteiger partial charge >= 0.3 is 0 Å². The summed E-state index contributed by atoms with van der Waals surface area (Å²) in [4.78, 5) is 12.7. The van der Waals surface area contributed by atoms with E-state index in [0.29, 0.717) is 11.6 Å². The first-order valence-electron chi connectivity index (χ1n) is 9.64. The molecule has 1 heterocycles. The molecule has 160 valence electrons. The van der Waals surface area contributed by atoms with Gasteiger partial charge < -0.3 is 14.6 Å². The van der Waals surface area contributed by atoms with Gasteiger partial charge in [0.15, 0.2) is 0 Å². The minimum atomic E-state index is -3.76. The van der Waals surface area contributed by atoms with Crippen molar-refractivity contribution in [2.75, 3.05) is 26.5 Å². The molecular weight excluding hydrogens is 402 g/mol. The van der Waals surface area contributed by atoms with Crippen molar-refractivity contribution in [3.05, 3.63) is 54.2 Å². The number of nitrogens with one attached hydrogen (secondary N) is 1. The maximum Gasteiger partial charge on any atom is 0.255 e. The first kappa shape index (κ1) is 21.9. The van der Waals surface area contributed by atoms with Crippen molar-refractivity contribution in [1.82, 2.24) is 8.87 Å². The fraction of sp³-hybridized carbons (Fsp3) is 0.318. The summed E-state index contributed by atoms with van der Waals surface area (Å²) in [6, 6.07) is 12.1. The molecule has 0 bridgehead atoms. The third kappa shape index (κ3) is 4.34. The molecule has 1 aromatic heterocycles. The van der Waals surface area contributed by atoms with Gasteiger partial charge in [-0.25, -0.2) is 12.7 Å². The molecule has 0 spiro atoms. The number of methoxy groups -OCH3 is 1. The Hall–Kier alpha value is -2.84. The monoisotopic (exact) mass is 429 g/mol. The Labute approximate surface area is 177 Å². The van der Waals surface area contributed by atoms with Crippen molar-refractivity contribution in [2.45, 2.75) is 25.3 Å². The van der Waals surface area contributed by atoms with Crippen LogP contribution in [0, 0.1) is 5.92 Å². The fourth-order valence-corrected chi connectivity index (χ4v) is 4.32. The molecule has 0 aliphatic heterocycles. The number of nitrogens with zero attached hydrogens (tertiary/aromatic N) is 2. The third-order valence-corrected chi connectivity index (χ3v) is 6.61. The number of rotatable bonds is 7. The largest absolute Gasteiger partial charge is 0.495 e. The first-order valence-corrected chi connectivity index (χ1v) is 11.1. The normalized spacial score (nSPS) is 12.0. The number of sulfonamides is 1. The highest BCUT2D eigenvalue weighted by atomic mass is 32.2. The Balaban J connectivity index is 1.89. The summed E-state index contributed by atoms with van der Waals surface area (Å²) in [6.45, 7) is 5.25. The number of carbonyl (C=O) groups is 1. The molecule has 3 rings (SSSR count). The summed E-state index contributed by atoms with van der Waals surface area (Å²) >= 11 is 0. The van der Waals surface area contributed by atoms with Crippen molar-refractivity contribution >= 4 is 32.5 Å². The molecule has 0 radical (unpaired) electrons. The Morgan fingerprint density at radius 2 is 1.87 bits per heavy atom. The van der Waals surface area contributed by atoms with Crippen molar-refractivity contribution in [3.63, 3.8) is 0 Å². The van der Waals surface area contributed by atoms with Crippen molar-refractivity contribution < 1.29 is 17.9 Å². The van der Waals surface area contributed by atoms with Gasteiger partial charge in [-0.05, 0) is 48.4 Å². The van der Waals surface area contributed by atoms with Crippen LogP contribution in [0.1, 0.15) is 24.2 Å². The zero-order valence-electron chi connectivity index (χ0n) is 17.8. The van der Waals surface area contributed by atoms with E-state index in [2.05, 4.69) is 23.7 Å². The lowest BCUT2D eigenvalue weighted by atomic mass is 10.2. The predicted molar refractivity (Wildman–Crippen MR) is 119 cm³/mol. The van der Waals surface area contributed by atoms with E-state index in [1.807, 2.05) is 30.5 Å². The quantitative estimate of drug-likeness (QED) is 0.619. The Morgan fingerprint density at radius 1 is 1.13 bits per heavy atom. The zero-order valence-corrected chi connectivity index (χ0v) is 18.7. The number of hydrogen-bond acceptors (Lipinski definition) is 4. The first-order chi connectivity index (χ1) is 14.1. The SMILES string of the molecule is COc1ccc(C(=O)Nc2ccc3c(ccn3CC(C)C)c2)cc1S(=O)(=O)N(C)C. The maximum absolute atomic E-state index is 12.8. The van der Waals surface area contributed by atoms with Gasteiger partial charge in [0.2, 0.25) is 10.0 Å². The van der Waals surface area contributed by atoms with Gasteiger partial charge in [-0.15, -0.1) is 0 Å². The van der Waals surface area contributed by atoms with Crippen LogP contribution in [0.3, 0.4) is 0 Å².